The van der Waals surface area contributed by atoms with E-state index >= 15 is 0 Å². The van der Waals surface area contributed by atoms with Crippen LogP contribution in [-0.4, -0.2) is 63.9 Å². The fourth-order valence-corrected chi connectivity index (χ4v) is 3.79. The molecule has 1 fully saturated rings. The van der Waals surface area contributed by atoms with Crippen LogP contribution in [0.15, 0.2) is 6.20 Å². The summed E-state index contributed by atoms with van der Waals surface area (Å²) < 4.78 is 8.15. The molecule has 0 aliphatic carbocycles. The Labute approximate surface area is 136 Å². The molecule has 2 heterocycles. The maximum absolute atomic E-state index is 10.4. The van der Waals surface area contributed by atoms with Crippen LogP contribution >= 0.6 is 19.1 Å². The van der Waals surface area contributed by atoms with Crippen LogP contribution in [0.1, 0.15) is 23.8 Å². The van der Waals surface area contributed by atoms with E-state index < -0.39 is 25.2 Å². The molecule has 0 bridgehead atoms. The molecule has 124 valence electrons. The van der Waals surface area contributed by atoms with Crippen LogP contribution in [0.2, 0.25) is 0 Å². The number of rotatable bonds is 4. The second-order valence-corrected chi connectivity index (χ2v) is 11.4. The minimum absolute atomic E-state index is 0.367. The lowest BCUT2D eigenvalue weighted by atomic mass is 10.0. The molecule has 1 aliphatic rings. The Morgan fingerprint density at radius 1 is 1.41 bits per heavy atom. The molecule has 1 saturated heterocycles. The summed E-state index contributed by atoms with van der Waals surface area (Å²) in [6, 6.07) is 0. The summed E-state index contributed by atoms with van der Waals surface area (Å²) in [7, 11) is 1.81. The van der Waals surface area contributed by atoms with Crippen molar-refractivity contribution in [3.05, 3.63) is 22.2 Å². The zero-order valence-electron chi connectivity index (χ0n) is 13.6. The summed E-state index contributed by atoms with van der Waals surface area (Å²) in [6.45, 7) is 4.96. The van der Waals surface area contributed by atoms with Gasteiger partial charge in [0.05, 0.1) is 6.10 Å². The Hall–Kier alpha value is -0.520. The van der Waals surface area contributed by atoms with E-state index in [9.17, 15) is 10.2 Å². The third-order valence-corrected chi connectivity index (χ3v) is 5.85. The van der Waals surface area contributed by atoms with Crippen molar-refractivity contribution in [1.29, 1.82) is 0 Å². The van der Waals surface area contributed by atoms with E-state index in [1.165, 1.54) is 0 Å². The van der Waals surface area contributed by atoms with Gasteiger partial charge in [-0.1, -0.05) is 0 Å². The molecule has 0 spiro atoms. The molecule has 2 rings (SSSR count). The number of hydrogen-bond acceptors (Lipinski definition) is 5. The van der Waals surface area contributed by atoms with Crippen molar-refractivity contribution >= 4 is 25.4 Å². The van der Waals surface area contributed by atoms with E-state index in [0.717, 1.165) is 17.4 Å². The highest BCUT2D eigenvalue weighted by molar-refractivity contribution is 7.72. The van der Waals surface area contributed by atoms with E-state index in [2.05, 4.69) is 24.6 Å². The number of aliphatic hydroxyl groups is 2. The van der Waals surface area contributed by atoms with Crippen LogP contribution in [0.3, 0.4) is 0 Å². The molecule has 0 unspecified atom stereocenters. The van der Waals surface area contributed by atoms with Gasteiger partial charge in [-0.3, -0.25) is 0 Å². The summed E-state index contributed by atoms with van der Waals surface area (Å²) >= 11 is 5.13. The van der Waals surface area contributed by atoms with E-state index in [-0.39, 0.29) is 6.10 Å². The molecule has 7 heteroatoms. The van der Waals surface area contributed by atoms with Crippen LogP contribution in [0, 0.1) is 11.7 Å². The summed E-state index contributed by atoms with van der Waals surface area (Å²) in [4.78, 5) is 4.29. The molecule has 2 N–H and O–H groups in total. The SMILES string of the molecule is C=P(C)(C)CC[C@H]1O[C@@H](c2cn(C)c(=S)nc2C)[C@H](O)[C@@H]1O. The van der Waals surface area contributed by atoms with Gasteiger partial charge in [0.1, 0.15) is 18.3 Å². The van der Waals surface area contributed by atoms with Gasteiger partial charge in [-0.2, -0.15) is 0 Å². The highest BCUT2D eigenvalue weighted by Gasteiger charge is 2.43. The van der Waals surface area contributed by atoms with Crippen molar-refractivity contribution in [1.82, 2.24) is 9.55 Å². The predicted molar refractivity (Wildman–Crippen MR) is 93.8 cm³/mol. The topological polar surface area (TPSA) is 67.5 Å². The third-order valence-electron chi connectivity index (χ3n) is 4.00. The minimum atomic E-state index is -1.18. The van der Waals surface area contributed by atoms with Crippen LogP contribution in [0.5, 0.6) is 0 Å². The maximum atomic E-state index is 10.4. The summed E-state index contributed by atoms with van der Waals surface area (Å²) in [5.74, 6) is 0. The average Bonchev–Trinajstić information content (AvgIpc) is 2.68. The van der Waals surface area contributed by atoms with E-state index in [1.807, 2.05) is 20.2 Å². The van der Waals surface area contributed by atoms with Crippen LogP contribution in [-0.2, 0) is 11.8 Å². The fraction of sp³-hybridized carbons (Fsp3) is 0.667. The summed E-state index contributed by atoms with van der Waals surface area (Å²) in [5, 5.41) is 20.6. The molecule has 0 aromatic carbocycles. The first-order valence-electron chi connectivity index (χ1n) is 7.33. The Morgan fingerprint density at radius 2 is 2.05 bits per heavy atom. The van der Waals surface area contributed by atoms with Gasteiger partial charge in [-0.25, -0.2) is 4.98 Å². The van der Waals surface area contributed by atoms with Crippen LogP contribution in [0.25, 0.3) is 0 Å². The largest absolute Gasteiger partial charge is 0.388 e. The third kappa shape index (κ3) is 3.87. The molecule has 1 aromatic heterocycles. The minimum Gasteiger partial charge on any atom is -0.388 e. The maximum Gasteiger partial charge on any atom is 0.199 e. The Balaban J connectivity index is 2.21. The van der Waals surface area contributed by atoms with E-state index in [4.69, 9.17) is 17.0 Å². The lowest BCUT2D eigenvalue weighted by molar-refractivity contribution is 0.00521. The van der Waals surface area contributed by atoms with Gasteiger partial charge in [-0.05, 0) is 45.1 Å². The predicted octanol–water partition coefficient (Wildman–Crippen LogP) is 1.72. The Morgan fingerprint density at radius 3 is 2.64 bits per heavy atom. The van der Waals surface area contributed by atoms with Crippen molar-refractivity contribution < 1.29 is 14.9 Å². The van der Waals surface area contributed by atoms with Gasteiger partial charge >= 0.3 is 0 Å². The molecule has 4 atom stereocenters. The first kappa shape index (κ1) is 17.8. The van der Waals surface area contributed by atoms with Crippen LogP contribution < -0.4 is 0 Å². The lowest BCUT2D eigenvalue weighted by Crippen LogP contribution is -2.31. The van der Waals surface area contributed by atoms with Gasteiger partial charge in [0.2, 0.25) is 0 Å². The van der Waals surface area contributed by atoms with E-state index in [1.54, 1.807) is 4.57 Å². The van der Waals surface area contributed by atoms with Gasteiger partial charge in [0, 0.05) is 24.5 Å². The van der Waals surface area contributed by atoms with Crippen molar-refractivity contribution in [3.8, 4) is 0 Å². The molecule has 0 radical (unpaired) electrons. The van der Waals surface area contributed by atoms with Crippen molar-refractivity contribution in [2.24, 2.45) is 7.05 Å². The second-order valence-electron chi connectivity index (χ2n) is 6.70. The fourth-order valence-electron chi connectivity index (χ4n) is 2.64. The lowest BCUT2D eigenvalue weighted by Gasteiger charge is -2.19. The number of aryl methyl sites for hydroxylation is 2. The smallest absolute Gasteiger partial charge is 0.199 e. The molecule has 1 aliphatic heterocycles. The van der Waals surface area contributed by atoms with Crippen LogP contribution in [0.4, 0.5) is 0 Å². The molecular weight excluding hydrogens is 319 g/mol. The molecule has 1 aromatic rings. The number of aromatic nitrogens is 2. The molecule has 5 nitrogen and oxygen atoms in total. The van der Waals surface area contributed by atoms with Gasteiger partial charge in [0.25, 0.3) is 0 Å². The van der Waals surface area contributed by atoms with Crippen molar-refractivity contribution in [2.75, 3.05) is 19.5 Å². The van der Waals surface area contributed by atoms with Gasteiger partial charge in [0.15, 0.2) is 4.77 Å². The highest BCUT2D eigenvalue weighted by atomic mass is 32.1. The van der Waals surface area contributed by atoms with Gasteiger partial charge < -0.3 is 19.5 Å². The number of nitrogens with zero attached hydrogens (tertiary/aromatic N) is 2. The zero-order valence-corrected chi connectivity index (χ0v) is 15.3. The number of hydrogen-bond donors (Lipinski definition) is 2. The first-order chi connectivity index (χ1) is 10.1. The standard InChI is InChI=1S/C15H25N2O3PS/c1-9-10(8-17(2)15(22)16-9)14-13(19)12(18)11(20-14)6-7-21(3,4)5/h8,11-14,18-19H,3,6-7H2,1-2,4-5H3/t11-,12-,13-,14+/m1/s1. The number of ether oxygens (including phenoxy) is 1. The second kappa shape index (κ2) is 6.54. The Bertz CT molecular complexity index is 655. The summed E-state index contributed by atoms with van der Waals surface area (Å²) in [6.07, 6.45) is 4.85. The number of aliphatic hydroxyl groups excluding tert-OH is 2. The first-order valence-corrected chi connectivity index (χ1v) is 10.8. The Kier molecular flexibility index (Phi) is 5.30. The summed E-state index contributed by atoms with van der Waals surface area (Å²) in [5.41, 5.74) is 1.50. The monoisotopic (exact) mass is 344 g/mol. The van der Waals surface area contributed by atoms with Crippen molar-refractivity contribution in [3.63, 3.8) is 0 Å². The molecule has 0 saturated carbocycles. The average molecular weight is 344 g/mol. The zero-order chi connectivity index (χ0) is 16.7. The normalized spacial score (nSPS) is 29.0. The molecule has 22 heavy (non-hydrogen) atoms. The van der Waals surface area contributed by atoms with Crippen molar-refractivity contribution in [2.45, 2.75) is 37.8 Å². The van der Waals surface area contributed by atoms with Gasteiger partial charge in [-0.15, -0.1) is 13.2 Å². The molecular formula is C15H25N2O3PS. The molecule has 0 amide bonds. The highest BCUT2D eigenvalue weighted by Crippen LogP contribution is 2.40. The van der Waals surface area contributed by atoms with E-state index in [0.29, 0.717) is 11.2 Å². The quantitative estimate of drug-likeness (QED) is 0.643.